The molecule has 5 heteroatoms. The van der Waals surface area contributed by atoms with Crippen LogP contribution < -0.4 is 5.32 Å². The molecule has 1 aliphatic rings. The highest BCUT2D eigenvalue weighted by atomic mass is 16.3. The fourth-order valence-corrected chi connectivity index (χ4v) is 2.29. The normalized spacial score (nSPS) is 22.7. The van der Waals surface area contributed by atoms with Crippen LogP contribution in [-0.4, -0.2) is 33.9 Å². The Kier molecular flexibility index (Phi) is 2.76. The summed E-state index contributed by atoms with van der Waals surface area (Å²) in [5.74, 6) is 0.348. The number of aromatic amines is 1. The van der Waals surface area contributed by atoms with E-state index in [1.807, 2.05) is 12.1 Å². The van der Waals surface area contributed by atoms with Crippen LogP contribution in [0.15, 0.2) is 24.4 Å². The SMILES string of the molecule is O=C(NCC1CC(O)C1)c1ccc2[nH]ncc2c1. The number of amides is 1. The Morgan fingerprint density at radius 3 is 3.11 bits per heavy atom. The van der Waals surface area contributed by atoms with Gasteiger partial charge in [0.15, 0.2) is 0 Å². The lowest BCUT2D eigenvalue weighted by Gasteiger charge is -2.31. The molecule has 1 saturated carbocycles. The molecule has 1 aliphatic carbocycles. The Bertz CT molecular complexity index is 572. The third-order valence-corrected chi connectivity index (χ3v) is 3.46. The number of aliphatic hydroxyl groups is 1. The van der Waals surface area contributed by atoms with Crippen LogP contribution in [0.4, 0.5) is 0 Å². The summed E-state index contributed by atoms with van der Waals surface area (Å²) < 4.78 is 0. The molecule has 0 unspecified atom stereocenters. The number of nitrogens with one attached hydrogen (secondary N) is 2. The minimum Gasteiger partial charge on any atom is -0.393 e. The lowest BCUT2D eigenvalue weighted by molar-refractivity contribution is 0.0420. The summed E-state index contributed by atoms with van der Waals surface area (Å²) in [4.78, 5) is 11.9. The Morgan fingerprint density at radius 1 is 1.50 bits per heavy atom. The van der Waals surface area contributed by atoms with Crippen LogP contribution in [0.25, 0.3) is 10.9 Å². The van der Waals surface area contributed by atoms with Gasteiger partial charge in [-0.1, -0.05) is 0 Å². The number of aliphatic hydroxyl groups excluding tert-OH is 1. The molecule has 0 bridgehead atoms. The average Bonchev–Trinajstić information content (AvgIpc) is 2.79. The van der Waals surface area contributed by atoms with Gasteiger partial charge < -0.3 is 10.4 Å². The van der Waals surface area contributed by atoms with Crippen LogP contribution in [-0.2, 0) is 0 Å². The summed E-state index contributed by atoms with van der Waals surface area (Å²) in [6, 6.07) is 5.46. The first-order chi connectivity index (χ1) is 8.72. The molecular weight excluding hydrogens is 230 g/mol. The fourth-order valence-electron chi connectivity index (χ4n) is 2.29. The molecule has 94 valence electrons. The van der Waals surface area contributed by atoms with Crippen LogP contribution in [0.1, 0.15) is 23.2 Å². The van der Waals surface area contributed by atoms with Crippen molar-refractivity contribution in [3.8, 4) is 0 Å². The van der Waals surface area contributed by atoms with Gasteiger partial charge in [-0.3, -0.25) is 9.89 Å². The highest BCUT2D eigenvalue weighted by Gasteiger charge is 2.27. The van der Waals surface area contributed by atoms with Crippen LogP contribution in [0, 0.1) is 5.92 Å². The summed E-state index contributed by atoms with van der Waals surface area (Å²) in [6.45, 7) is 0.638. The largest absolute Gasteiger partial charge is 0.393 e. The summed E-state index contributed by atoms with van der Waals surface area (Å²) in [6.07, 6.45) is 3.12. The number of nitrogens with zero attached hydrogens (tertiary/aromatic N) is 1. The molecule has 2 aromatic rings. The molecule has 1 aromatic heterocycles. The predicted molar refractivity (Wildman–Crippen MR) is 67.2 cm³/mol. The van der Waals surface area contributed by atoms with Crippen LogP contribution in [0.5, 0.6) is 0 Å². The number of H-pyrrole nitrogens is 1. The zero-order valence-electron chi connectivity index (χ0n) is 9.89. The maximum atomic E-state index is 11.9. The van der Waals surface area contributed by atoms with Crippen molar-refractivity contribution in [1.82, 2.24) is 15.5 Å². The quantitative estimate of drug-likeness (QED) is 0.756. The summed E-state index contributed by atoms with van der Waals surface area (Å²) in [7, 11) is 0. The van der Waals surface area contributed by atoms with Gasteiger partial charge in [0.25, 0.3) is 5.91 Å². The van der Waals surface area contributed by atoms with E-state index >= 15 is 0 Å². The number of aromatic nitrogens is 2. The van der Waals surface area contributed by atoms with E-state index in [2.05, 4.69) is 15.5 Å². The molecule has 1 fully saturated rings. The Morgan fingerprint density at radius 2 is 2.33 bits per heavy atom. The molecule has 1 heterocycles. The van der Waals surface area contributed by atoms with Crippen LogP contribution in [0.3, 0.4) is 0 Å². The van der Waals surface area contributed by atoms with Crippen molar-refractivity contribution >= 4 is 16.8 Å². The smallest absolute Gasteiger partial charge is 0.251 e. The number of carbonyl (C=O) groups is 1. The van der Waals surface area contributed by atoms with Crippen LogP contribution in [0.2, 0.25) is 0 Å². The van der Waals surface area contributed by atoms with Crippen molar-refractivity contribution in [2.24, 2.45) is 5.92 Å². The molecule has 1 aromatic carbocycles. The topological polar surface area (TPSA) is 78.0 Å². The molecule has 0 spiro atoms. The highest BCUT2D eigenvalue weighted by Crippen LogP contribution is 2.26. The van der Waals surface area contributed by atoms with Gasteiger partial charge in [0.1, 0.15) is 0 Å². The lowest BCUT2D eigenvalue weighted by Crippen LogP contribution is -2.38. The van der Waals surface area contributed by atoms with E-state index in [0.717, 1.165) is 23.7 Å². The molecule has 5 nitrogen and oxygen atoms in total. The zero-order chi connectivity index (χ0) is 12.5. The number of hydrogen-bond donors (Lipinski definition) is 3. The van der Waals surface area contributed by atoms with Crippen molar-refractivity contribution in [3.63, 3.8) is 0 Å². The average molecular weight is 245 g/mol. The van der Waals surface area contributed by atoms with Gasteiger partial charge in [-0.2, -0.15) is 5.10 Å². The minimum atomic E-state index is -0.172. The van der Waals surface area contributed by atoms with E-state index < -0.39 is 0 Å². The summed E-state index contributed by atoms with van der Waals surface area (Å²) in [5, 5.41) is 19.8. The van der Waals surface area contributed by atoms with Gasteiger partial charge in [0, 0.05) is 17.5 Å². The molecule has 3 N–H and O–H groups in total. The maximum Gasteiger partial charge on any atom is 0.251 e. The van der Waals surface area contributed by atoms with Gasteiger partial charge in [-0.25, -0.2) is 0 Å². The van der Waals surface area contributed by atoms with E-state index in [1.165, 1.54) is 0 Å². The summed E-state index contributed by atoms with van der Waals surface area (Å²) in [5.41, 5.74) is 1.57. The zero-order valence-corrected chi connectivity index (χ0v) is 9.89. The third kappa shape index (κ3) is 2.09. The highest BCUT2D eigenvalue weighted by molar-refractivity contribution is 5.97. The Labute approximate surface area is 104 Å². The third-order valence-electron chi connectivity index (χ3n) is 3.46. The number of hydrogen-bond acceptors (Lipinski definition) is 3. The van der Waals surface area contributed by atoms with Crippen molar-refractivity contribution in [3.05, 3.63) is 30.0 Å². The molecule has 0 aliphatic heterocycles. The second-order valence-electron chi connectivity index (χ2n) is 4.87. The van der Waals surface area contributed by atoms with Gasteiger partial charge in [-0.15, -0.1) is 0 Å². The van der Waals surface area contributed by atoms with Gasteiger partial charge in [-0.05, 0) is 37.0 Å². The van der Waals surface area contributed by atoms with E-state index in [-0.39, 0.29) is 12.0 Å². The predicted octanol–water partition coefficient (Wildman–Crippen LogP) is 1.06. The molecule has 3 rings (SSSR count). The van der Waals surface area contributed by atoms with Crippen molar-refractivity contribution < 1.29 is 9.90 Å². The van der Waals surface area contributed by atoms with Gasteiger partial charge in [0.05, 0.1) is 17.8 Å². The second-order valence-corrected chi connectivity index (χ2v) is 4.87. The van der Waals surface area contributed by atoms with Crippen molar-refractivity contribution in [1.29, 1.82) is 0 Å². The molecule has 18 heavy (non-hydrogen) atoms. The lowest BCUT2D eigenvalue weighted by atomic mass is 9.82. The second kappa shape index (κ2) is 4.42. The first kappa shape index (κ1) is 11.2. The molecule has 0 radical (unpaired) electrons. The van der Waals surface area contributed by atoms with E-state index in [9.17, 15) is 9.90 Å². The number of fused-ring (bicyclic) bond motifs is 1. The fraction of sp³-hybridized carbons (Fsp3) is 0.385. The standard InChI is InChI=1S/C13H15N3O2/c17-11-3-8(4-11)6-14-13(18)9-1-2-12-10(5-9)7-15-16-12/h1-2,5,7-8,11,17H,3-4,6H2,(H,14,18)(H,15,16). The number of carbonyl (C=O) groups excluding carboxylic acids is 1. The Hall–Kier alpha value is -1.88. The maximum absolute atomic E-state index is 11.9. The van der Waals surface area contributed by atoms with Crippen molar-refractivity contribution in [2.45, 2.75) is 18.9 Å². The first-order valence-corrected chi connectivity index (χ1v) is 6.12. The van der Waals surface area contributed by atoms with E-state index in [0.29, 0.717) is 18.0 Å². The monoisotopic (exact) mass is 245 g/mol. The molecule has 0 saturated heterocycles. The van der Waals surface area contributed by atoms with Crippen molar-refractivity contribution in [2.75, 3.05) is 6.54 Å². The molecule has 0 atom stereocenters. The van der Waals surface area contributed by atoms with Crippen LogP contribution >= 0.6 is 0 Å². The van der Waals surface area contributed by atoms with E-state index in [1.54, 1.807) is 12.3 Å². The van der Waals surface area contributed by atoms with Gasteiger partial charge in [0.2, 0.25) is 0 Å². The minimum absolute atomic E-state index is 0.0699. The molecular formula is C13H15N3O2. The molecule has 1 amide bonds. The van der Waals surface area contributed by atoms with E-state index in [4.69, 9.17) is 0 Å². The van der Waals surface area contributed by atoms with Gasteiger partial charge >= 0.3 is 0 Å². The Balaban J connectivity index is 1.64. The number of rotatable bonds is 3. The number of benzene rings is 1. The first-order valence-electron chi connectivity index (χ1n) is 6.12. The summed E-state index contributed by atoms with van der Waals surface area (Å²) >= 11 is 0.